The summed E-state index contributed by atoms with van der Waals surface area (Å²) in [4.78, 5) is 15.8. The fraction of sp³-hybridized carbons (Fsp3) is 0.438. The third kappa shape index (κ3) is 1.87. The Labute approximate surface area is 122 Å². The van der Waals surface area contributed by atoms with E-state index < -0.39 is 5.97 Å². The molecule has 2 heterocycles. The molecule has 2 aliphatic rings. The van der Waals surface area contributed by atoms with Crippen LogP contribution in [-0.2, 0) is 12.8 Å². The van der Waals surface area contributed by atoms with Gasteiger partial charge in [-0.3, -0.25) is 0 Å². The summed E-state index contributed by atoms with van der Waals surface area (Å²) in [6.45, 7) is 2.14. The van der Waals surface area contributed by atoms with Crippen molar-refractivity contribution in [2.45, 2.75) is 38.5 Å². The second-order valence-electron chi connectivity index (χ2n) is 6.01. The zero-order chi connectivity index (χ0) is 14.6. The summed E-state index contributed by atoms with van der Waals surface area (Å²) in [5.74, 6) is 0.902. The first-order chi connectivity index (χ1) is 10.2. The van der Waals surface area contributed by atoms with Gasteiger partial charge >= 0.3 is 5.97 Å². The summed E-state index contributed by atoms with van der Waals surface area (Å²) in [7, 11) is 0. The highest BCUT2D eigenvalue weighted by Gasteiger charge is 2.50. The van der Waals surface area contributed by atoms with E-state index in [-0.39, 0.29) is 5.69 Å². The lowest BCUT2D eigenvalue weighted by Gasteiger charge is -2.06. The number of carboxylic acids is 1. The zero-order valence-electron chi connectivity index (χ0n) is 11.9. The van der Waals surface area contributed by atoms with E-state index in [0.29, 0.717) is 11.8 Å². The van der Waals surface area contributed by atoms with Gasteiger partial charge in [0.15, 0.2) is 11.5 Å². The molecule has 0 aromatic carbocycles. The molecule has 0 spiro atoms. The molecule has 0 bridgehead atoms. The van der Waals surface area contributed by atoms with Gasteiger partial charge in [0, 0.05) is 17.7 Å². The average molecular weight is 283 g/mol. The molecule has 0 unspecified atom stereocenters. The zero-order valence-corrected chi connectivity index (χ0v) is 11.9. The van der Waals surface area contributed by atoms with E-state index in [1.807, 2.05) is 12.3 Å². The molecule has 1 N–H and O–H groups in total. The van der Waals surface area contributed by atoms with Crippen LogP contribution in [-0.4, -0.2) is 25.8 Å². The molecular formula is C16H17N3O2. The van der Waals surface area contributed by atoms with E-state index in [0.717, 1.165) is 42.8 Å². The quantitative estimate of drug-likeness (QED) is 0.936. The largest absolute Gasteiger partial charge is 0.476 e. The molecule has 21 heavy (non-hydrogen) atoms. The Bertz CT molecular complexity index is 718. The number of aromatic carboxylic acids is 1. The van der Waals surface area contributed by atoms with Crippen LogP contribution >= 0.6 is 0 Å². The molecule has 1 saturated carbocycles. The van der Waals surface area contributed by atoms with E-state index in [1.165, 1.54) is 5.56 Å². The molecule has 1 fully saturated rings. The number of pyridine rings is 1. The van der Waals surface area contributed by atoms with Crippen molar-refractivity contribution < 1.29 is 9.90 Å². The lowest BCUT2D eigenvalue weighted by atomic mass is 10.1. The fourth-order valence-corrected chi connectivity index (χ4v) is 3.44. The minimum atomic E-state index is -0.936. The first kappa shape index (κ1) is 12.6. The van der Waals surface area contributed by atoms with Crippen molar-refractivity contribution in [3.05, 3.63) is 40.8 Å². The first-order valence-electron chi connectivity index (χ1n) is 7.49. The fourth-order valence-electron chi connectivity index (χ4n) is 3.44. The lowest BCUT2D eigenvalue weighted by Crippen LogP contribution is -2.06. The van der Waals surface area contributed by atoms with Gasteiger partial charge in [0.1, 0.15) is 0 Å². The average Bonchev–Trinajstić information content (AvgIpc) is 2.97. The smallest absolute Gasteiger partial charge is 0.356 e. The second kappa shape index (κ2) is 4.41. The molecule has 0 radical (unpaired) electrons. The maximum Gasteiger partial charge on any atom is 0.356 e. The van der Waals surface area contributed by atoms with Gasteiger partial charge in [-0.15, -0.1) is 0 Å². The third-order valence-corrected chi connectivity index (χ3v) is 4.53. The number of aromatic nitrogens is 3. The van der Waals surface area contributed by atoms with Crippen LogP contribution in [0.2, 0.25) is 0 Å². The predicted molar refractivity (Wildman–Crippen MR) is 76.9 cm³/mol. The summed E-state index contributed by atoms with van der Waals surface area (Å²) < 4.78 is 1.76. The number of carbonyl (C=O) groups is 1. The van der Waals surface area contributed by atoms with Crippen LogP contribution in [0.1, 0.15) is 53.0 Å². The molecule has 2 aliphatic carbocycles. The standard InChI is InChI=1S/C16H17N3O2/c1-2-3-9-4-5-13(17-8-9)19-15-11-6-10(11)7-12(15)14(18-19)16(20)21/h4-5,8,10-11H,2-3,6-7H2,1H3,(H,20,21)/t10-,11-/m1/s1. The Kier molecular flexibility index (Phi) is 2.64. The Morgan fingerprint density at radius 3 is 3.00 bits per heavy atom. The Morgan fingerprint density at radius 1 is 1.48 bits per heavy atom. The number of nitrogens with zero attached hydrogens (tertiary/aromatic N) is 3. The van der Waals surface area contributed by atoms with Crippen LogP contribution in [0.3, 0.4) is 0 Å². The molecule has 108 valence electrons. The summed E-state index contributed by atoms with van der Waals surface area (Å²) in [6, 6.07) is 4.00. The summed E-state index contributed by atoms with van der Waals surface area (Å²) in [6.07, 6.45) is 5.98. The van der Waals surface area contributed by atoms with Crippen molar-refractivity contribution in [3.8, 4) is 5.82 Å². The van der Waals surface area contributed by atoms with Gasteiger partial charge < -0.3 is 5.11 Å². The molecule has 2 aromatic rings. The van der Waals surface area contributed by atoms with Gasteiger partial charge in [-0.25, -0.2) is 14.5 Å². The van der Waals surface area contributed by atoms with E-state index in [1.54, 1.807) is 4.68 Å². The van der Waals surface area contributed by atoms with Gasteiger partial charge in [0.25, 0.3) is 0 Å². The second-order valence-corrected chi connectivity index (χ2v) is 6.01. The maximum absolute atomic E-state index is 11.4. The van der Waals surface area contributed by atoms with E-state index in [2.05, 4.69) is 23.1 Å². The summed E-state index contributed by atoms with van der Waals surface area (Å²) >= 11 is 0. The minimum Gasteiger partial charge on any atom is -0.476 e. The van der Waals surface area contributed by atoms with Crippen molar-refractivity contribution in [2.75, 3.05) is 0 Å². The van der Waals surface area contributed by atoms with Crippen LogP contribution in [0, 0.1) is 5.92 Å². The number of fused-ring (bicyclic) bond motifs is 3. The highest BCUT2D eigenvalue weighted by molar-refractivity contribution is 5.88. The molecule has 5 heteroatoms. The number of hydrogen-bond donors (Lipinski definition) is 1. The van der Waals surface area contributed by atoms with E-state index >= 15 is 0 Å². The Morgan fingerprint density at radius 2 is 2.33 bits per heavy atom. The van der Waals surface area contributed by atoms with Crippen molar-refractivity contribution in [2.24, 2.45) is 5.92 Å². The first-order valence-corrected chi connectivity index (χ1v) is 7.49. The molecule has 5 nitrogen and oxygen atoms in total. The minimum absolute atomic E-state index is 0.205. The topological polar surface area (TPSA) is 68.0 Å². The molecular weight excluding hydrogens is 266 g/mol. The number of aryl methyl sites for hydroxylation is 1. The van der Waals surface area contributed by atoms with Crippen LogP contribution in [0.5, 0.6) is 0 Å². The molecule has 0 saturated heterocycles. The normalized spacial score (nSPS) is 22.0. The lowest BCUT2D eigenvalue weighted by molar-refractivity contribution is 0.0688. The van der Waals surface area contributed by atoms with Crippen molar-refractivity contribution in [1.82, 2.24) is 14.8 Å². The summed E-state index contributed by atoms with van der Waals surface area (Å²) in [5, 5.41) is 13.6. The molecule has 2 atom stereocenters. The van der Waals surface area contributed by atoms with Crippen molar-refractivity contribution in [1.29, 1.82) is 0 Å². The highest BCUT2D eigenvalue weighted by atomic mass is 16.4. The number of rotatable bonds is 4. The van der Waals surface area contributed by atoms with Crippen LogP contribution < -0.4 is 0 Å². The molecule has 0 amide bonds. The summed E-state index contributed by atoms with van der Waals surface area (Å²) in [5.41, 5.74) is 3.40. The number of hydrogen-bond acceptors (Lipinski definition) is 3. The molecule has 4 rings (SSSR count). The van der Waals surface area contributed by atoms with Gasteiger partial charge in [-0.2, -0.15) is 5.10 Å². The van der Waals surface area contributed by atoms with Crippen LogP contribution in [0.15, 0.2) is 18.3 Å². The Balaban J connectivity index is 1.78. The van der Waals surface area contributed by atoms with Crippen LogP contribution in [0.25, 0.3) is 5.82 Å². The SMILES string of the molecule is CCCc1ccc(-n2nc(C(=O)O)c3c2[C@@H]2C[C@@H]2C3)nc1. The van der Waals surface area contributed by atoms with Gasteiger partial charge in [0.2, 0.25) is 0 Å². The Hall–Kier alpha value is -2.17. The monoisotopic (exact) mass is 283 g/mol. The maximum atomic E-state index is 11.4. The van der Waals surface area contributed by atoms with Gasteiger partial charge in [0.05, 0.1) is 5.69 Å². The number of carboxylic acid groups (broad SMARTS) is 1. The van der Waals surface area contributed by atoms with Gasteiger partial charge in [-0.05, 0) is 36.8 Å². The predicted octanol–water partition coefficient (Wildman–Crippen LogP) is 2.58. The van der Waals surface area contributed by atoms with E-state index in [4.69, 9.17) is 0 Å². The van der Waals surface area contributed by atoms with E-state index in [9.17, 15) is 9.90 Å². The van der Waals surface area contributed by atoms with Crippen molar-refractivity contribution >= 4 is 5.97 Å². The van der Waals surface area contributed by atoms with Crippen molar-refractivity contribution in [3.63, 3.8) is 0 Å². The molecule has 0 aliphatic heterocycles. The third-order valence-electron chi connectivity index (χ3n) is 4.53. The highest BCUT2D eigenvalue weighted by Crippen LogP contribution is 2.57. The van der Waals surface area contributed by atoms with Crippen LogP contribution in [0.4, 0.5) is 0 Å². The molecule has 2 aromatic heterocycles. The van der Waals surface area contributed by atoms with Gasteiger partial charge in [-0.1, -0.05) is 19.4 Å².